The van der Waals surface area contributed by atoms with Crippen LogP contribution in [0.1, 0.15) is 33.4 Å². The highest BCUT2D eigenvalue weighted by Gasteiger charge is 2.35. The molecule has 0 aliphatic heterocycles. The standard InChI is InChI=1S/C17H18F2/c1-11-5-6-14(4)16(10-11)17(18,19)15-8-12(2)7-13(3)9-15/h5-10H,1-4H3. The van der Waals surface area contributed by atoms with Gasteiger partial charge >= 0.3 is 0 Å². The van der Waals surface area contributed by atoms with Gasteiger partial charge in [-0.3, -0.25) is 0 Å². The van der Waals surface area contributed by atoms with E-state index >= 15 is 0 Å². The third-order valence-electron chi connectivity index (χ3n) is 3.32. The van der Waals surface area contributed by atoms with Crippen LogP contribution in [-0.2, 0) is 5.92 Å². The van der Waals surface area contributed by atoms with Crippen LogP contribution >= 0.6 is 0 Å². The average Bonchev–Trinajstić information content (AvgIpc) is 2.31. The molecule has 0 saturated heterocycles. The molecule has 0 aromatic heterocycles. The maximum absolute atomic E-state index is 14.7. The third-order valence-corrected chi connectivity index (χ3v) is 3.32. The monoisotopic (exact) mass is 260 g/mol. The van der Waals surface area contributed by atoms with Crippen LogP contribution in [0.2, 0.25) is 0 Å². The second kappa shape index (κ2) is 4.76. The molecule has 100 valence electrons. The fourth-order valence-electron chi connectivity index (χ4n) is 2.39. The Hall–Kier alpha value is -1.70. The number of alkyl halides is 2. The van der Waals surface area contributed by atoms with Crippen molar-refractivity contribution in [2.24, 2.45) is 0 Å². The van der Waals surface area contributed by atoms with Crippen molar-refractivity contribution in [3.8, 4) is 0 Å². The smallest absolute Gasteiger partial charge is 0.196 e. The largest absolute Gasteiger partial charge is 0.298 e. The molecule has 19 heavy (non-hydrogen) atoms. The number of halogens is 2. The van der Waals surface area contributed by atoms with Gasteiger partial charge in [-0.15, -0.1) is 0 Å². The summed E-state index contributed by atoms with van der Waals surface area (Å²) in [7, 11) is 0. The Kier molecular flexibility index (Phi) is 3.44. The van der Waals surface area contributed by atoms with Crippen molar-refractivity contribution in [2.45, 2.75) is 33.6 Å². The van der Waals surface area contributed by atoms with Gasteiger partial charge in [0.15, 0.2) is 0 Å². The highest BCUT2D eigenvalue weighted by molar-refractivity contribution is 5.42. The van der Waals surface area contributed by atoms with E-state index in [0.29, 0.717) is 5.56 Å². The molecule has 0 spiro atoms. The minimum atomic E-state index is -2.95. The minimum Gasteiger partial charge on any atom is -0.196 e. The lowest BCUT2D eigenvalue weighted by atomic mass is 9.93. The average molecular weight is 260 g/mol. The Bertz CT molecular complexity index is 592. The predicted octanol–water partition coefficient (Wildman–Crippen LogP) is 5.06. The number of hydrogen-bond acceptors (Lipinski definition) is 0. The van der Waals surface area contributed by atoms with E-state index in [9.17, 15) is 8.78 Å². The van der Waals surface area contributed by atoms with Crippen LogP contribution in [0.4, 0.5) is 8.78 Å². The molecule has 0 bridgehead atoms. The lowest BCUT2D eigenvalue weighted by Crippen LogP contribution is -2.17. The van der Waals surface area contributed by atoms with Crippen LogP contribution in [-0.4, -0.2) is 0 Å². The number of rotatable bonds is 2. The van der Waals surface area contributed by atoms with Crippen LogP contribution in [0.15, 0.2) is 36.4 Å². The molecule has 2 rings (SSSR count). The summed E-state index contributed by atoms with van der Waals surface area (Å²) in [6, 6.07) is 10.2. The van der Waals surface area contributed by atoms with Gasteiger partial charge in [0.25, 0.3) is 5.92 Å². The van der Waals surface area contributed by atoms with Crippen molar-refractivity contribution in [2.75, 3.05) is 0 Å². The first-order chi connectivity index (χ1) is 8.80. The molecule has 0 radical (unpaired) electrons. The van der Waals surface area contributed by atoms with E-state index < -0.39 is 5.92 Å². The Balaban J connectivity index is 2.60. The first-order valence-electron chi connectivity index (χ1n) is 6.35. The summed E-state index contributed by atoms with van der Waals surface area (Å²) in [5, 5.41) is 0. The Morgan fingerprint density at radius 2 is 1.32 bits per heavy atom. The molecule has 0 saturated carbocycles. The van der Waals surface area contributed by atoms with Gasteiger partial charge in [0.2, 0.25) is 0 Å². The molecule has 2 heteroatoms. The predicted molar refractivity (Wildman–Crippen MR) is 74.8 cm³/mol. The molecule has 2 aromatic carbocycles. The minimum absolute atomic E-state index is 0.0682. The van der Waals surface area contributed by atoms with Crippen molar-refractivity contribution in [1.29, 1.82) is 0 Å². The maximum atomic E-state index is 14.7. The second-order valence-electron chi connectivity index (χ2n) is 5.27. The van der Waals surface area contributed by atoms with Crippen molar-refractivity contribution in [3.63, 3.8) is 0 Å². The molecule has 0 N–H and O–H groups in total. The van der Waals surface area contributed by atoms with Gasteiger partial charge in [0.1, 0.15) is 0 Å². The number of hydrogen-bond donors (Lipinski definition) is 0. The fraction of sp³-hybridized carbons (Fsp3) is 0.294. The van der Waals surface area contributed by atoms with E-state index in [1.807, 2.05) is 32.9 Å². The summed E-state index contributed by atoms with van der Waals surface area (Å²) in [5.41, 5.74) is 3.36. The van der Waals surface area contributed by atoms with Crippen molar-refractivity contribution in [1.82, 2.24) is 0 Å². The van der Waals surface area contributed by atoms with E-state index in [0.717, 1.165) is 16.7 Å². The second-order valence-corrected chi connectivity index (χ2v) is 5.27. The van der Waals surface area contributed by atoms with Crippen LogP contribution < -0.4 is 0 Å². The SMILES string of the molecule is Cc1cc(C)cc(C(F)(F)c2cc(C)ccc2C)c1. The normalized spacial score (nSPS) is 11.7. The van der Waals surface area contributed by atoms with Gasteiger partial charge in [-0.2, -0.15) is 8.78 Å². The van der Waals surface area contributed by atoms with Crippen LogP contribution in [0, 0.1) is 27.7 Å². The topological polar surface area (TPSA) is 0 Å². The fourth-order valence-corrected chi connectivity index (χ4v) is 2.39. The maximum Gasteiger partial charge on any atom is 0.298 e. The summed E-state index contributed by atoms with van der Waals surface area (Å²) in [6.45, 7) is 7.25. The third kappa shape index (κ3) is 2.67. The molecule has 0 heterocycles. The summed E-state index contributed by atoms with van der Waals surface area (Å²) < 4.78 is 29.4. The molecular formula is C17H18F2. The molecule has 0 atom stereocenters. The Morgan fingerprint density at radius 1 is 0.737 bits per heavy atom. The Morgan fingerprint density at radius 3 is 1.89 bits per heavy atom. The highest BCUT2D eigenvalue weighted by atomic mass is 19.3. The zero-order chi connectivity index (χ0) is 14.2. The van der Waals surface area contributed by atoms with E-state index in [1.54, 1.807) is 31.2 Å². The zero-order valence-electron chi connectivity index (χ0n) is 11.7. The van der Waals surface area contributed by atoms with Crippen molar-refractivity contribution in [3.05, 3.63) is 69.8 Å². The van der Waals surface area contributed by atoms with Gasteiger partial charge in [-0.05, 0) is 51.5 Å². The molecule has 0 fully saturated rings. The van der Waals surface area contributed by atoms with Crippen LogP contribution in [0.25, 0.3) is 0 Å². The van der Waals surface area contributed by atoms with Crippen molar-refractivity contribution < 1.29 is 8.78 Å². The lowest BCUT2D eigenvalue weighted by molar-refractivity contribution is 0.0420. The Labute approximate surface area is 113 Å². The lowest BCUT2D eigenvalue weighted by Gasteiger charge is -2.21. The summed E-state index contributed by atoms with van der Waals surface area (Å²) in [4.78, 5) is 0. The van der Waals surface area contributed by atoms with E-state index in [1.165, 1.54) is 0 Å². The van der Waals surface area contributed by atoms with Gasteiger partial charge in [-0.25, -0.2) is 0 Å². The number of benzene rings is 2. The molecular weight excluding hydrogens is 242 g/mol. The quantitative estimate of drug-likeness (QED) is 0.708. The summed E-state index contributed by atoms with van der Waals surface area (Å²) >= 11 is 0. The van der Waals surface area contributed by atoms with Crippen molar-refractivity contribution >= 4 is 0 Å². The van der Waals surface area contributed by atoms with Gasteiger partial charge < -0.3 is 0 Å². The van der Waals surface area contributed by atoms with E-state index in [2.05, 4.69) is 0 Å². The van der Waals surface area contributed by atoms with Crippen LogP contribution in [0.3, 0.4) is 0 Å². The summed E-state index contributed by atoms with van der Waals surface area (Å²) in [5.74, 6) is -2.95. The van der Waals surface area contributed by atoms with Gasteiger partial charge in [0, 0.05) is 11.1 Å². The van der Waals surface area contributed by atoms with Gasteiger partial charge in [0.05, 0.1) is 0 Å². The van der Waals surface area contributed by atoms with E-state index in [-0.39, 0.29) is 11.1 Å². The molecule has 0 aliphatic rings. The zero-order valence-corrected chi connectivity index (χ0v) is 11.7. The highest BCUT2D eigenvalue weighted by Crippen LogP contribution is 2.38. The van der Waals surface area contributed by atoms with Crippen LogP contribution in [0.5, 0.6) is 0 Å². The first kappa shape index (κ1) is 13.7. The molecule has 0 nitrogen and oxygen atoms in total. The molecule has 0 unspecified atom stereocenters. The number of aryl methyl sites for hydroxylation is 4. The molecule has 0 amide bonds. The molecule has 2 aromatic rings. The first-order valence-corrected chi connectivity index (χ1v) is 6.35. The molecule has 0 aliphatic carbocycles. The van der Waals surface area contributed by atoms with E-state index in [4.69, 9.17) is 0 Å². The summed E-state index contributed by atoms with van der Waals surface area (Å²) in [6.07, 6.45) is 0. The van der Waals surface area contributed by atoms with Gasteiger partial charge in [-0.1, -0.05) is 34.9 Å².